The number of nitrogens with zero attached hydrogens (tertiary/aromatic N) is 2. The number of benzene rings is 2. The molecule has 0 atom stereocenters. The van der Waals surface area contributed by atoms with Crippen LogP contribution in [0.2, 0.25) is 0 Å². The molecule has 0 saturated carbocycles. The van der Waals surface area contributed by atoms with Gasteiger partial charge < -0.3 is 25.2 Å². The highest BCUT2D eigenvalue weighted by atomic mass is 16.8. The van der Waals surface area contributed by atoms with Crippen LogP contribution in [-0.4, -0.2) is 18.3 Å². The van der Waals surface area contributed by atoms with Gasteiger partial charge in [0.15, 0.2) is 0 Å². The molecule has 7 nitrogen and oxygen atoms in total. The zero-order valence-electron chi connectivity index (χ0n) is 12.5. The molecule has 0 fully saturated rings. The maximum absolute atomic E-state index is 10.9. The Morgan fingerprint density at radius 1 is 1.35 bits per heavy atom. The first-order valence-corrected chi connectivity index (χ1v) is 7.02. The largest absolute Gasteiger partial charge is 0.733 e. The van der Waals surface area contributed by atoms with Gasteiger partial charge in [0.2, 0.25) is 0 Å². The van der Waals surface area contributed by atoms with Crippen molar-refractivity contribution in [2.75, 3.05) is 17.7 Å². The molecule has 0 aromatic heterocycles. The van der Waals surface area contributed by atoms with Crippen molar-refractivity contribution in [3.63, 3.8) is 0 Å². The van der Waals surface area contributed by atoms with Crippen molar-refractivity contribution in [1.82, 2.24) is 0 Å². The van der Waals surface area contributed by atoms with E-state index in [-0.39, 0.29) is 17.5 Å². The van der Waals surface area contributed by atoms with Gasteiger partial charge in [0, 0.05) is 16.8 Å². The maximum Gasteiger partial charge on any atom is 0.289 e. The lowest BCUT2D eigenvalue weighted by atomic mass is 10.1. The lowest BCUT2D eigenvalue weighted by Gasteiger charge is -2.25. The van der Waals surface area contributed by atoms with Crippen LogP contribution in [0.1, 0.15) is 11.1 Å². The van der Waals surface area contributed by atoms with Gasteiger partial charge in [-0.3, -0.25) is 5.21 Å². The summed E-state index contributed by atoms with van der Waals surface area (Å²) in [6.07, 6.45) is 0. The number of rotatable bonds is 4. The zero-order chi connectivity index (χ0) is 16.2. The van der Waals surface area contributed by atoms with E-state index in [4.69, 9.17) is 14.7 Å². The van der Waals surface area contributed by atoms with E-state index >= 15 is 0 Å². The highest BCUT2D eigenvalue weighted by molar-refractivity contribution is 5.92. The Labute approximate surface area is 133 Å². The highest BCUT2D eigenvalue weighted by Gasteiger charge is 2.15. The molecule has 0 unspecified atom stereocenters. The summed E-state index contributed by atoms with van der Waals surface area (Å²) < 4.78 is 10.8. The molecule has 3 rings (SSSR count). The predicted molar refractivity (Wildman–Crippen MR) is 86.6 cm³/mol. The molecule has 0 saturated heterocycles. The summed E-state index contributed by atoms with van der Waals surface area (Å²) in [5, 5.41) is 22.7. The number of nitrogens with one attached hydrogen (secondary N) is 1. The Balaban J connectivity index is 1.74. The number of anilines is 2. The van der Waals surface area contributed by atoms with E-state index in [9.17, 15) is 5.21 Å². The number of ether oxygens (including phenoxy) is 2. The van der Waals surface area contributed by atoms with Gasteiger partial charge in [-0.25, -0.2) is 4.99 Å². The Kier molecular flexibility index (Phi) is 4.31. The lowest BCUT2D eigenvalue weighted by Crippen LogP contribution is -2.23. The molecule has 0 bridgehead atoms. The smallest absolute Gasteiger partial charge is 0.289 e. The molecular weight excluding hydrogens is 298 g/mol. The van der Waals surface area contributed by atoms with Crippen molar-refractivity contribution in [2.45, 2.75) is 13.2 Å². The summed E-state index contributed by atoms with van der Waals surface area (Å²) in [7, 11) is 1.62. The van der Waals surface area contributed by atoms with Gasteiger partial charge >= 0.3 is 0 Å². The van der Waals surface area contributed by atoms with Crippen molar-refractivity contribution in [1.29, 1.82) is 0 Å². The van der Waals surface area contributed by atoms with Crippen LogP contribution in [0.5, 0.6) is 5.75 Å². The average Bonchev–Trinajstić information content (AvgIpc) is 2.59. The molecule has 2 aromatic rings. The minimum absolute atomic E-state index is 0.156. The Bertz CT molecular complexity index is 731. The summed E-state index contributed by atoms with van der Waals surface area (Å²) in [5.41, 5.74) is 2.68. The van der Waals surface area contributed by atoms with Gasteiger partial charge in [0.25, 0.3) is 6.02 Å². The lowest BCUT2D eigenvalue weighted by molar-refractivity contribution is 0.282. The van der Waals surface area contributed by atoms with E-state index < -0.39 is 0 Å². The van der Waals surface area contributed by atoms with Gasteiger partial charge in [0.1, 0.15) is 12.4 Å². The zero-order valence-corrected chi connectivity index (χ0v) is 12.5. The molecule has 1 aliphatic rings. The molecule has 23 heavy (non-hydrogen) atoms. The molecular formula is C16H16N3O4-. The first-order valence-electron chi connectivity index (χ1n) is 7.02. The van der Waals surface area contributed by atoms with Gasteiger partial charge in [-0.05, 0) is 24.3 Å². The summed E-state index contributed by atoms with van der Waals surface area (Å²) in [6, 6.07) is 12.8. The molecule has 1 heterocycles. The predicted octanol–water partition coefficient (Wildman–Crippen LogP) is 2.89. The number of amidine groups is 1. The fraction of sp³-hybridized carbons (Fsp3) is 0.188. The quantitative estimate of drug-likeness (QED) is 0.843. The van der Waals surface area contributed by atoms with Crippen LogP contribution in [0.3, 0.4) is 0 Å². The molecule has 120 valence electrons. The van der Waals surface area contributed by atoms with Crippen molar-refractivity contribution >= 4 is 17.4 Å². The van der Waals surface area contributed by atoms with Crippen LogP contribution >= 0.6 is 0 Å². The van der Waals surface area contributed by atoms with Gasteiger partial charge in [-0.1, -0.05) is 18.2 Å². The third-order valence-corrected chi connectivity index (χ3v) is 3.50. The maximum atomic E-state index is 10.9. The normalized spacial score (nSPS) is 14.7. The van der Waals surface area contributed by atoms with E-state index in [1.165, 1.54) is 6.07 Å². The van der Waals surface area contributed by atoms with E-state index in [0.717, 1.165) is 22.6 Å². The molecule has 0 aliphatic carbocycles. The second-order valence-electron chi connectivity index (χ2n) is 4.96. The first-order chi connectivity index (χ1) is 11.2. The van der Waals surface area contributed by atoms with Gasteiger partial charge in [0.05, 0.1) is 19.3 Å². The molecule has 7 heteroatoms. The third kappa shape index (κ3) is 3.36. The van der Waals surface area contributed by atoms with Crippen LogP contribution in [0.15, 0.2) is 47.5 Å². The molecule has 0 spiro atoms. The number of methoxy groups -OCH3 is 1. The minimum Gasteiger partial charge on any atom is -0.733 e. The van der Waals surface area contributed by atoms with Crippen molar-refractivity contribution < 1.29 is 14.7 Å². The standard InChI is InChI=1S/C16H16N3O4/c1-22-15-5-3-2-4-11(15)9-17-16-18-14-7-6-13(19(20)21)8-12(14)10-23-16/h2-8,20H,9-10H2,1H3,(H,17,18)/q-1. The minimum atomic E-state index is -0.175. The SMILES string of the molecule is COc1ccccc1CN=C1Nc2ccc(N([O-])O)cc2CO1. The highest BCUT2D eigenvalue weighted by Crippen LogP contribution is 2.26. The molecule has 2 aromatic carbocycles. The monoisotopic (exact) mass is 314 g/mol. The van der Waals surface area contributed by atoms with Gasteiger partial charge in [-0.15, -0.1) is 0 Å². The number of hydrogen-bond acceptors (Lipinski definition) is 6. The first kappa shape index (κ1) is 15.1. The van der Waals surface area contributed by atoms with E-state index in [1.807, 2.05) is 24.3 Å². The van der Waals surface area contributed by atoms with Crippen LogP contribution in [0.4, 0.5) is 11.4 Å². The molecule has 2 N–H and O–H groups in total. The Morgan fingerprint density at radius 3 is 2.96 bits per heavy atom. The number of aliphatic imine (C=N–C) groups is 1. The van der Waals surface area contributed by atoms with Crippen LogP contribution in [0.25, 0.3) is 0 Å². The molecule has 1 aliphatic heterocycles. The number of para-hydroxylation sites is 1. The summed E-state index contributed by atoms with van der Waals surface area (Å²) in [6.45, 7) is 0.694. The van der Waals surface area contributed by atoms with Gasteiger partial charge in [-0.2, -0.15) is 0 Å². The summed E-state index contributed by atoms with van der Waals surface area (Å²) in [4.78, 5) is 4.40. The Morgan fingerprint density at radius 2 is 2.17 bits per heavy atom. The van der Waals surface area contributed by atoms with E-state index in [1.54, 1.807) is 19.2 Å². The van der Waals surface area contributed by atoms with Crippen LogP contribution in [-0.2, 0) is 17.9 Å². The third-order valence-electron chi connectivity index (χ3n) is 3.50. The second-order valence-corrected chi connectivity index (χ2v) is 4.96. The van der Waals surface area contributed by atoms with Crippen molar-refractivity contribution in [3.8, 4) is 5.75 Å². The average molecular weight is 314 g/mol. The topological polar surface area (TPSA) is 89.4 Å². The van der Waals surface area contributed by atoms with E-state index in [2.05, 4.69) is 10.3 Å². The van der Waals surface area contributed by atoms with Crippen LogP contribution in [0, 0.1) is 5.21 Å². The summed E-state index contributed by atoms with van der Waals surface area (Å²) >= 11 is 0. The Hall–Kier alpha value is -2.77. The van der Waals surface area contributed by atoms with Crippen molar-refractivity contribution in [2.24, 2.45) is 4.99 Å². The fourth-order valence-corrected chi connectivity index (χ4v) is 2.31. The molecule has 0 radical (unpaired) electrons. The molecule has 0 amide bonds. The summed E-state index contributed by atoms with van der Waals surface area (Å²) in [5.74, 6) is 0.774. The van der Waals surface area contributed by atoms with Crippen LogP contribution < -0.4 is 15.3 Å². The number of hydrogen-bond donors (Lipinski definition) is 2. The van der Waals surface area contributed by atoms with Crippen molar-refractivity contribution in [3.05, 3.63) is 58.8 Å². The second kappa shape index (κ2) is 6.55. The number of fused-ring (bicyclic) bond motifs is 1. The fourth-order valence-electron chi connectivity index (χ4n) is 2.31. The van der Waals surface area contributed by atoms with E-state index in [0.29, 0.717) is 12.6 Å².